The van der Waals surface area contributed by atoms with E-state index in [0.29, 0.717) is 22.0 Å². The number of nitriles is 1. The van der Waals surface area contributed by atoms with Gasteiger partial charge in [0.15, 0.2) is 6.10 Å². The fraction of sp³-hybridized carbons (Fsp3) is 0.125. The average molecular weight is 301 g/mol. The van der Waals surface area contributed by atoms with Gasteiger partial charge in [-0.2, -0.15) is 5.26 Å². The van der Waals surface area contributed by atoms with Gasteiger partial charge in [0.05, 0.1) is 16.3 Å². The van der Waals surface area contributed by atoms with Crippen molar-refractivity contribution < 1.29 is 9.53 Å². The number of hydrogen-bond acceptors (Lipinski definition) is 3. The maximum atomic E-state index is 12.1. The highest BCUT2D eigenvalue weighted by atomic mass is 35.5. The number of nitrogens with one attached hydrogen (secondary N) is 1. The molecule has 21 heavy (non-hydrogen) atoms. The monoisotopic (exact) mass is 300 g/mol. The van der Waals surface area contributed by atoms with E-state index in [1.165, 1.54) is 0 Å². The number of halogens is 1. The fourth-order valence-electron chi connectivity index (χ4n) is 1.71. The van der Waals surface area contributed by atoms with Crippen molar-refractivity contribution in [3.63, 3.8) is 0 Å². The SMILES string of the molecule is C[C@H](Oc1ccccc1Cl)C(=O)Nc1ccccc1C#N. The van der Waals surface area contributed by atoms with Gasteiger partial charge >= 0.3 is 0 Å². The molecule has 0 aliphatic carbocycles. The van der Waals surface area contributed by atoms with Crippen molar-refractivity contribution in [1.82, 2.24) is 0 Å². The molecule has 2 aromatic rings. The molecule has 2 aromatic carbocycles. The van der Waals surface area contributed by atoms with E-state index in [0.717, 1.165) is 0 Å². The lowest BCUT2D eigenvalue weighted by molar-refractivity contribution is -0.122. The molecule has 0 aliphatic heterocycles. The molecular formula is C16H13ClN2O2. The number of carbonyl (C=O) groups is 1. The second-order valence-corrected chi connectivity index (χ2v) is 4.74. The van der Waals surface area contributed by atoms with Crippen molar-refractivity contribution in [2.24, 2.45) is 0 Å². The van der Waals surface area contributed by atoms with Crippen LogP contribution in [0, 0.1) is 11.3 Å². The van der Waals surface area contributed by atoms with Gasteiger partial charge in [0.2, 0.25) is 0 Å². The van der Waals surface area contributed by atoms with E-state index in [-0.39, 0.29) is 5.91 Å². The van der Waals surface area contributed by atoms with Crippen LogP contribution in [0.3, 0.4) is 0 Å². The van der Waals surface area contributed by atoms with E-state index < -0.39 is 6.10 Å². The molecule has 0 bridgehead atoms. The van der Waals surface area contributed by atoms with Crippen molar-refractivity contribution in [2.75, 3.05) is 5.32 Å². The smallest absolute Gasteiger partial charge is 0.265 e. The molecule has 106 valence electrons. The van der Waals surface area contributed by atoms with Gasteiger partial charge in [0.1, 0.15) is 11.8 Å². The average Bonchev–Trinajstić information content (AvgIpc) is 2.50. The summed E-state index contributed by atoms with van der Waals surface area (Å²) in [7, 11) is 0. The molecule has 0 heterocycles. The summed E-state index contributed by atoms with van der Waals surface area (Å²) in [6.07, 6.45) is -0.739. The molecular weight excluding hydrogens is 288 g/mol. The quantitative estimate of drug-likeness (QED) is 0.938. The van der Waals surface area contributed by atoms with Crippen LogP contribution >= 0.6 is 11.6 Å². The lowest BCUT2D eigenvalue weighted by Crippen LogP contribution is -2.30. The second kappa shape index (κ2) is 6.78. The number of ether oxygens (including phenoxy) is 1. The molecule has 0 unspecified atom stereocenters. The number of rotatable bonds is 4. The first-order valence-electron chi connectivity index (χ1n) is 6.33. The zero-order valence-corrected chi connectivity index (χ0v) is 12.1. The minimum absolute atomic E-state index is 0.349. The van der Waals surface area contributed by atoms with E-state index in [2.05, 4.69) is 5.32 Å². The van der Waals surface area contributed by atoms with Crippen LogP contribution in [0.5, 0.6) is 5.75 Å². The number of nitrogens with zero attached hydrogens (tertiary/aromatic N) is 1. The van der Waals surface area contributed by atoms with Crippen molar-refractivity contribution in [1.29, 1.82) is 5.26 Å². The van der Waals surface area contributed by atoms with Crippen molar-refractivity contribution in [3.05, 3.63) is 59.1 Å². The lowest BCUT2D eigenvalue weighted by Gasteiger charge is -2.16. The Morgan fingerprint density at radius 2 is 1.90 bits per heavy atom. The number of carbonyl (C=O) groups excluding carboxylic acids is 1. The molecule has 4 nitrogen and oxygen atoms in total. The van der Waals surface area contributed by atoms with Gasteiger partial charge < -0.3 is 10.1 Å². The zero-order valence-electron chi connectivity index (χ0n) is 11.3. The van der Waals surface area contributed by atoms with Crippen LogP contribution in [0.2, 0.25) is 5.02 Å². The number of anilines is 1. The van der Waals surface area contributed by atoms with Crippen LogP contribution in [0.15, 0.2) is 48.5 Å². The predicted molar refractivity (Wildman–Crippen MR) is 81.3 cm³/mol. The Morgan fingerprint density at radius 3 is 2.62 bits per heavy atom. The third kappa shape index (κ3) is 3.74. The fourth-order valence-corrected chi connectivity index (χ4v) is 1.89. The molecule has 5 heteroatoms. The van der Waals surface area contributed by atoms with Crippen LogP contribution in [0.25, 0.3) is 0 Å². The summed E-state index contributed by atoms with van der Waals surface area (Å²) in [4.78, 5) is 12.1. The molecule has 1 atom stereocenters. The Kier molecular flexibility index (Phi) is 4.81. The first kappa shape index (κ1) is 14.9. The molecule has 0 spiro atoms. The highest BCUT2D eigenvalue weighted by molar-refractivity contribution is 6.32. The Bertz CT molecular complexity index is 695. The Morgan fingerprint density at radius 1 is 1.24 bits per heavy atom. The summed E-state index contributed by atoms with van der Waals surface area (Å²) >= 11 is 5.98. The molecule has 2 rings (SSSR count). The first-order chi connectivity index (χ1) is 10.1. The summed E-state index contributed by atoms with van der Waals surface area (Å²) < 4.78 is 5.53. The van der Waals surface area contributed by atoms with Crippen LogP contribution < -0.4 is 10.1 Å². The Hall–Kier alpha value is -2.51. The largest absolute Gasteiger partial charge is 0.479 e. The third-order valence-electron chi connectivity index (χ3n) is 2.82. The second-order valence-electron chi connectivity index (χ2n) is 4.34. The minimum atomic E-state index is -0.739. The maximum absolute atomic E-state index is 12.1. The lowest BCUT2D eigenvalue weighted by atomic mass is 10.2. The van der Waals surface area contributed by atoms with Gasteiger partial charge in [-0.05, 0) is 31.2 Å². The summed E-state index contributed by atoms with van der Waals surface area (Å²) in [6.45, 7) is 1.62. The summed E-state index contributed by atoms with van der Waals surface area (Å²) in [5.41, 5.74) is 0.857. The third-order valence-corrected chi connectivity index (χ3v) is 3.13. The molecule has 0 aliphatic rings. The normalized spacial score (nSPS) is 11.3. The van der Waals surface area contributed by atoms with Gasteiger partial charge in [-0.15, -0.1) is 0 Å². The van der Waals surface area contributed by atoms with Crippen molar-refractivity contribution in [2.45, 2.75) is 13.0 Å². The van der Waals surface area contributed by atoms with Crippen molar-refractivity contribution >= 4 is 23.2 Å². The molecule has 0 saturated carbocycles. The standard InChI is InChI=1S/C16H13ClN2O2/c1-11(21-15-9-5-3-7-13(15)17)16(20)19-14-8-4-2-6-12(14)10-18/h2-9,11H,1H3,(H,19,20)/t11-/m0/s1. The molecule has 1 amide bonds. The number of amides is 1. The molecule has 0 fully saturated rings. The van der Waals surface area contributed by atoms with Crippen LogP contribution in [0.4, 0.5) is 5.69 Å². The number of para-hydroxylation sites is 2. The van der Waals surface area contributed by atoms with E-state index in [4.69, 9.17) is 21.6 Å². The van der Waals surface area contributed by atoms with E-state index in [9.17, 15) is 4.79 Å². The van der Waals surface area contributed by atoms with Crippen LogP contribution in [-0.4, -0.2) is 12.0 Å². The van der Waals surface area contributed by atoms with Crippen LogP contribution in [0.1, 0.15) is 12.5 Å². The van der Waals surface area contributed by atoms with Gasteiger partial charge in [-0.1, -0.05) is 35.9 Å². The Labute approximate surface area is 127 Å². The molecule has 1 N–H and O–H groups in total. The van der Waals surface area contributed by atoms with E-state index >= 15 is 0 Å². The molecule has 0 radical (unpaired) electrons. The summed E-state index contributed by atoms with van der Waals surface area (Å²) in [5.74, 6) is 0.0907. The maximum Gasteiger partial charge on any atom is 0.265 e. The van der Waals surface area contributed by atoms with E-state index in [1.807, 2.05) is 6.07 Å². The van der Waals surface area contributed by atoms with Gasteiger partial charge in [-0.25, -0.2) is 0 Å². The number of hydrogen-bond donors (Lipinski definition) is 1. The van der Waals surface area contributed by atoms with Crippen LogP contribution in [-0.2, 0) is 4.79 Å². The van der Waals surface area contributed by atoms with E-state index in [1.54, 1.807) is 55.5 Å². The predicted octanol–water partition coefficient (Wildman–Crippen LogP) is 3.62. The topological polar surface area (TPSA) is 62.1 Å². The number of benzene rings is 2. The zero-order chi connectivity index (χ0) is 15.2. The van der Waals surface area contributed by atoms with Gasteiger partial charge in [0.25, 0.3) is 5.91 Å². The highest BCUT2D eigenvalue weighted by Crippen LogP contribution is 2.24. The molecule has 0 aromatic heterocycles. The van der Waals surface area contributed by atoms with Gasteiger partial charge in [0, 0.05) is 0 Å². The summed E-state index contributed by atoms with van der Waals surface area (Å²) in [5, 5.41) is 12.1. The highest BCUT2D eigenvalue weighted by Gasteiger charge is 2.17. The molecule has 0 saturated heterocycles. The van der Waals surface area contributed by atoms with Crippen molar-refractivity contribution in [3.8, 4) is 11.8 Å². The summed E-state index contributed by atoms with van der Waals surface area (Å²) in [6, 6.07) is 15.7. The Balaban J connectivity index is 2.07. The minimum Gasteiger partial charge on any atom is -0.479 e. The first-order valence-corrected chi connectivity index (χ1v) is 6.71. The van der Waals surface area contributed by atoms with Gasteiger partial charge in [-0.3, -0.25) is 4.79 Å².